The number of carbonyl (C=O) groups excluding carboxylic acids is 1. The SMILES string of the molecule is CCc1cccc(C)c1NC(=O)C1CCCN(Cc2nc(-c3ccccc3Cl)no2)C1. The molecule has 1 unspecified atom stereocenters. The zero-order valence-electron chi connectivity index (χ0n) is 17.9. The van der Waals surface area contributed by atoms with Crippen molar-refractivity contribution in [2.24, 2.45) is 5.92 Å². The van der Waals surface area contributed by atoms with Gasteiger partial charge >= 0.3 is 0 Å². The van der Waals surface area contributed by atoms with Crippen LogP contribution < -0.4 is 5.32 Å². The highest BCUT2D eigenvalue weighted by atomic mass is 35.5. The van der Waals surface area contributed by atoms with E-state index in [1.165, 1.54) is 5.56 Å². The number of para-hydroxylation sites is 1. The Hall–Kier alpha value is -2.70. The number of nitrogens with one attached hydrogen (secondary N) is 1. The molecule has 2 aromatic carbocycles. The number of hydrogen-bond donors (Lipinski definition) is 1. The zero-order valence-corrected chi connectivity index (χ0v) is 18.7. The van der Waals surface area contributed by atoms with Crippen molar-refractivity contribution in [3.8, 4) is 11.4 Å². The number of halogens is 1. The number of likely N-dealkylation sites (tertiary alicyclic amines) is 1. The molecule has 1 N–H and O–H groups in total. The fourth-order valence-corrected chi connectivity index (χ4v) is 4.32. The quantitative estimate of drug-likeness (QED) is 0.578. The van der Waals surface area contributed by atoms with Gasteiger partial charge in [0.05, 0.1) is 17.5 Å². The van der Waals surface area contributed by atoms with Gasteiger partial charge in [-0.15, -0.1) is 0 Å². The molecule has 2 heterocycles. The molecule has 0 bridgehead atoms. The van der Waals surface area contributed by atoms with Crippen LogP contribution in [-0.2, 0) is 17.8 Å². The zero-order chi connectivity index (χ0) is 21.8. The number of anilines is 1. The summed E-state index contributed by atoms with van der Waals surface area (Å²) in [5.41, 5.74) is 3.96. The topological polar surface area (TPSA) is 71.3 Å². The van der Waals surface area contributed by atoms with Gasteiger partial charge < -0.3 is 9.84 Å². The van der Waals surface area contributed by atoms with Crippen LogP contribution in [0.15, 0.2) is 47.0 Å². The van der Waals surface area contributed by atoms with Gasteiger partial charge in [0.25, 0.3) is 0 Å². The third kappa shape index (κ3) is 4.97. The molecule has 1 aromatic heterocycles. The first-order chi connectivity index (χ1) is 15.0. The number of carbonyl (C=O) groups is 1. The number of aryl methyl sites for hydroxylation is 2. The Morgan fingerprint density at radius 1 is 1.26 bits per heavy atom. The highest BCUT2D eigenvalue weighted by Gasteiger charge is 2.27. The van der Waals surface area contributed by atoms with Crippen molar-refractivity contribution in [3.05, 3.63) is 64.5 Å². The van der Waals surface area contributed by atoms with Crippen LogP contribution in [0, 0.1) is 12.8 Å². The maximum Gasteiger partial charge on any atom is 0.241 e. The molecule has 1 fully saturated rings. The summed E-state index contributed by atoms with van der Waals surface area (Å²) in [7, 11) is 0. The third-order valence-corrected chi connectivity index (χ3v) is 6.14. The number of benzene rings is 2. The summed E-state index contributed by atoms with van der Waals surface area (Å²) in [6.45, 7) is 6.23. The number of aromatic nitrogens is 2. The molecule has 1 saturated heterocycles. The Labute approximate surface area is 187 Å². The van der Waals surface area contributed by atoms with Crippen molar-refractivity contribution >= 4 is 23.2 Å². The molecule has 3 aromatic rings. The molecule has 162 valence electrons. The first-order valence-electron chi connectivity index (χ1n) is 10.7. The maximum atomic E-state index is 13.0. The van der Waals surface area contributed by atoms with Gasteiger partial charge in [-0.3, -0.25) is 9.69 Å². The summed E-state index contributed by atoms with van der Waals surface area (Å²) < 4.78 is 5.45. The monoisotopic (exact) mass is 438 g/mol. The van der Waals surface area contributed by atoms with Gasteiger partial charge in [-0.25, -0.2) is 0 Å². The van der Waals surface area contributed by atoms with Crippen molar-refractivity contribution in [2.75, 3.05) is 18.4 Å². The first kappa shape index (κ1) is 21.5. The van der Waals surface area contributed by atoms with E-state index in [-0.39, 0.29) is 11.8 Å². The van der Waals surface area contributed by atoms with Crippen LogP contribution in [0.5, 0.6) is 0 Å². The Bertz CT molecular complexity index is 1070. The number of rotatable bonds is 6. The number of piperidine rings is 1. The van der Waals surface area contributed by atoms with Crippen molar-refractivity contribution in [2.45, 2.75) is 39.7 Å². The minimum atomic E-state index is -0.0657. The summed E-state index contributed by atoms with van der Waals surface area (Å²) in [4.78, 5) is 19.7. The number of hydrogen-bond acceptors (Lipinski definition) is 5. The largest absolute Gasteiger partial charge is 0.338 e. The molecule has 1 aliphatic rings. The van der Waals surface area contributed by atoms with Gasteiger partial charge in [-0.05, 0) is 56.0 Å². The molecule has 1 aliphatic heterocycles. The minimum Gasteiger partial charge on any atom is -0.338 e. The van der Waals surface area contributed by atoms with E-state index in [2.05, 4.69) is 33.3 Å². The van der Waals surface area contributed by atoms with Gasteiger partial charge in [0.2, 0.25) is 17.6 Å². The Morgan fingerprint density at radius 2 is 2.10 bits per heavy atom. The molecular weight excluding hydrogens is 412 g/mol. The van der Waals surface area contributed by atoms with Gasteiger partial charge in [0, 0.05) is 17.8 Å². The third-order valence-electron chi connectivity index (χ3n) is 5.81. The van der Waals surface area contributed by atoms with Crippen molar-refractivity contribution < 1.29 is 9.32 Å². The van der Waals surface area contributed by atoms with Gasteiger partial charge in [-0.2, -0.15) is 4.98 Å². The summed E-state index contributed by atoms with van der Waals surface area (Å²) in [6.07, 6.45) is 2.72. The first-order valence-corrected chi connectivity index (χ1v) is 11.1. The standard InChI is InChI=1S/C24H27ClN4O2/c1-3-17-9-6-8-16(2)22(17)27-24(30)18-10-7-13-29(14-18)15-21-26-23(28-31-21)19-11-4-5-12-20(19)25/h4-6,8-9,11-12,18H,3,7,10,13-15H2,1-2H3,(H,27,30). The van der Waals surface area contributed by atoms with Crippen molar-refractivity contribution in [3.63, 3.8) is 0 Å². The predicted molar refractivity (Wildman–Crippen MR) is 122 cm³/mol. The molecule has 6 nitrogen and oxygen atoms in total. The fraction of sp³-hybridized carbons (Fsp3) is 0.375. The second-order valence-electron chi connectivity index (χ2n) is 8.02. The molecule has 31 heavy (non-hydrogen) atoms. The van der Waals surface area contributed by atoms with Crippen LogP contribution in [0.25, 0.3) is 11.4 Å². The molecule has 7 heteroatoms. The highest BCUT2D eigenvalue weighted by Crippen LogP contribution is 2.27. The molecule has 1 amide bonds. The summed E-state index contributed by atoms with van der Waals surface area (Å²) in [5.74, 6) is 1.03. The smallest absolute Gasteiger partial charge is 0.241 e. The van der Waals surface area contributed by atoms with E-state index < -0.39 is 0 Å². The van der Waals surface area contributed by atoms with E-state index in [0.717, 1.165) is 42.6 Å². The van der Waals surface area contributed by atoms with Crippen LogP contribution >= 0.6 is 11.6 Å². The molecule has 4 rings (SSSR count). The summed E-state index contributed by atoms with van der Waals surface area (Å²) in [6, 6.07) is 13.6. The lowest BCUT2D eigenvalue weighted by Crippen LogP contribution is -2.40. The second kappa shape index (κ2) is 9.62. The van der Waals surface area contributed by atoms with Gasteiger partial charge in [-0.1, -0.05) is 54.0 Å². The normalized spacial score (nSPS) is 16.9. The summed E-state index contributed by atoms with van der Waals surface area (Å²) in [5, 5.41) is 7.85. The summed E-state index contributed by atoms with van der Waals surface area (Å²) >= 11 is 6.24. The predicted octanol–water partition coefficient (Wildman–Crippen LogP) is 5.11. The van der Waals surface area contributed by atoms with Crippen LogP contribution in [0.1, 0.15) is 36.8 Å². The van der Waals surface area contributed by atoms with E-state index >= 15 is 0 Å². The van der Waals surface area contributed by atoms with Crippen molar-refractivity contribution in [1.82, 2.24) is 15.0 Å². The van der Waals surface area contributed by atoms with E-state index in [4.69, 9.17) is 16.1 Å². The number of amides is 1. The van der Waals surface area contributed by atoms with Crippen LogP contribution in [0.3, 0.4) is 0 Å². The molecule has 1 atom stereocenters. The molecule has 0 saturated carbocycles. The minimum absolute atomic E-state index is 0.0657. The molecular formula is C24H27ClN4O2. The molecule has 0 radical (unpaired) electrons. The fourth-order valence-electron chi connectivity index (χ4n) is 4.10. The van der Waals surface area contributed by atoms with E-state index in [0.29, 0.717) is 29.8 Å². The van der Waals surface area contributed by atoms with Crippen LogP contribution in [-0.4, -0.2) is 34.0 Å². The van der Waals surface area contributed by atoms with Crippen LogP contribution in [0.4, 0.5) is 5.69 Å². The van der Waals surface area contributed by atoms with Crippen molar-refractivity contribution in [1.29, 1.82) is 0 Å². The Balaban J connectivity index is 1.40. The average Bonchev–Trinajstić information content (AvgIpc) is 3.23. The van der Waals surface area contributed by atoms with Gasteiger partial charge in [0.1, 0.15) is 0 Å². The molecule has 0 spiro atoms. The Kier molecular flexibility index (Phi) is 6.68. The van der Waals surface area contributed by atoms with E-state index in [1.807, 2.05) is 37.3 Å². The number of nitrogens with zero attached hydrogens (tertiary/aromatic N) is 3. The average molecular weight is 439 g/mol. The lowest BCUT2D eigenvalue weighted by atomic mass is 9.96. The lowest BCUT2D eigenvalue weighted by Gasteiger charge is -2.31. The molecule has 0 aliphatic carbocycles. The van der Waals surface area contributed by atoms with Gasteiger partial charge in [0.15, 0.2) is 0 Å². The highest BCUT2D eigenvalue weighted by molar-refractivity contribution is 6.33. The Morgan fingerprint density at radius 3 is 2.90 bits per heavy atom. The van der Waals surface area contributed by atoms with E-state index in [9.17, 15) is 4.79 Å². The maximum absolute atomic E-state index is 13.0. The van der Waals surface area contributed by atoms with E-state index in [1.54, 1.807) is 6.07 Å². The lowest BCUT2D eigenvalue weighted by molar-refractivity contribution is -0.121. The van der Waals surface area contributed by atoms with Crippen LogP contribution in [0.2, 0.25) is 5.02 Å². The second-order valence-corrected chi connectivity index (χ2v) is 8.42.